The zero-order valence-corrected chi connectivity index (χ0v) is 8.11. The Morgan fingerprint density at radius 3 is 2.62 bits per heavy atom. The maximum absolute atomic E-state index is 12.1. The van der Waals surface area contributed by atoms with Crippen LogP contribution in [0.4, 0.5) is 14.5 Å². The van der Waals surface area contributed by atoms with E-state index in [1.165, 1.54) is 12.1 Å². The van der Waals surface area contributed by atoms with Crippen molar-refractivity contribution in [1.82, 2.24) is 0 Å². The van der Waals surface area contributed by atoms with Crippen LogP contribution < -0.4 is 5.73 Å². The molecular weight excluding hydrogens is 242 g/mol. The van der Waals surface area contributed by atoms with Crippen molar-refractivity contribution in [3.05, 3.63) is 28.2 Å². The Labute approximate surface area is 82.4 Å². The molecule has 0 spiro atoms. The first-order valence-corrected chi connectivity index (χ1v) is 4.23. The molecule has 70 valence electrons. The van der Waals surface area contributed by atoms with Gasteiger partial charge < -0.3 is 5.73 Å². The fourth-order valence-corrected chi connectivity index (χ4v) is 1.24. The molecule has 0 saturated carbocycles. The lowest BCUT2D eigenvalue weighted by Crippen LogP contribution is -2.12. The molecule has 0 atom stereocenters. The Kier molecular flexibility index (Phi) is 2.98. The Balaban J connectivity index is 3.13. The Morgan fingerprint density at radius 2 is 2.08 bits per heavy atom. The van der Waals surface area contributed by atoms with Gasteiger partial charge in [0.2, 0.25) is 0 Å². The van der Waals surface area contributed by atoms with Gasteiger partial charge in [0.05, 0.1) is 0 Å². The maximum atomic E-state index is 12.1. The van der Waals surface area contributed by atoms with Crippen LogP contribution in [0.5, 0.6) is 0 Å². The molecule has 0 radical (unpaired) electrons. The molecule has 0 aliphatic heterocycles. The van der Waals surface area contributed by atoms with Crippen molar-refractivity contribution < 1.29 is 8.78 Å². The van der Waals surface area contributed by atoms with Crippen LogP contribution in [0.1, 0.15) is 5.56 Å². The molecular formula is C8H7BrF2N2. The molecule has 0 aromatic heterocycles. The van der Waals surface area contributed by atoms with Gasteiger partial charge in [-0.3, -0.25) is 5.41 Å². The molecule has 0 bridgehead atoms. The first kappa shape index (κ1) is 10.1. The number of alkyl halides is 2. The summed E-state index contributed by atoms with van der Waals surface area (Å²) in [6, 6.07) is 4.53. The lowest BCUT2D eigenvalue weighted by atomic mass is 10.1. The summed E-state index contributed by atoms with van der Waals surface area (Å²) in [7, 11) is 0. The molecule has 0 heterocycles. The summed E-state index contributed by atoms with van der Waals surface area (Å²) in [6.07, 6.45) is -2.79. The highest BCUT2D eigenvalue weighted by Gasteiger charge is 2.15. The van der Waals surface area contributed by atoms with Gasteiger partial charge in [-0.15, -0.1) is 0 Å². The Hall–Kier alpha value is -0.970. The van der Waals surface area contributed by atoms with E-state index >= 15 is 0 Å². The molecule has 2 nitrogen and oxygen atoms in total. The topological polar surface area (TPSA) is 49.9 Å². The number of halogens is 3. The summed E-state index contributed by atoms with van der Waals surface area (Å²) in [5.74, 6) is 0. The number of nitrogens with one attached hydrogen (secondary N) is 1. The molecule has 1 rings (SSSR count). The summed E-state index contributed by atoms with van der Waals surface area (Å²) < 4.78 is 24.9. The second-order valence-electron chi connectivity index (χ2n) is 2.45. The van der Waals surface area contributed by atoms with E-state index in [0.717, 1.165) is 0 Å². The van der Waals surface area contributed by atoms with Gasteiger partial charge in [-0.2, -0.15) is 0 Å². The highest BCUT2D eigenvalue weighted by Crippen LogP contribution is 2.20. The fraction of sp³-hybridized carbons (Fsp3) is 0.125. The van der Waals surface area contributed by atoms with Crippen molar-refractivity contribution >= 4 is 27.3 Å². The number of benzene rings is 1. The van der Waals surface area contributed by atoms with Gasteiger partial charge >= 0.3 is 0 Å². The molecule has 0 saturated heterocycles. The quantitative estimate of drug-likeness (QED) is 0.614. The monoisotopic (exact) mass is 248 g/mol. The molecule has 3 N–H and O–H groups in total. The third-order valence-corrected chi connectivity index (χ3v) is 2.02. The molecule has 0 unspecified atom stereocenters. The third kappa shape index (κ3) is 2.24. The van der Waals surface area contributed by atoms with E-state index < -0.39 is 12.1 Å². The van der Waals surface area contributed by atoms with Crippen LogP contribution in [-0.4, -0.2) is 12.1 Å². The lowest BCUT2D eigenvalue weighted by molar-refractivity contribution is 0.225. The number of nitrogen functional groups attached to an aromatic ring is 1. The van der Waals surface area contributed by atoms with Gasteiger partial charge in [0.25, 0.3) is 6.43 Å². The molecule has 0 aliphatic carbocycles. The number of hydrogen-bond acceptors (Lipinski definition) is 2. The van der Waals surface area contributed by atoms with Crippen molar-refractivity contribution in [2.75, 3.05) is 5.73 Å². The highest BCUT2D eigenvalue weighted by atomic mass is 79.9. The summed E-state index contributed by atoms with van der Waals surface area (Å²) in [6.45, 7) is 0. The minimum Gasteiger partial charge on any atom is -0.398 e. The van der Waals surface area contributed by atoms with Gasteiger partial charge in [-0.05, 0) is 18.2 Å². The fourth-order valence-electron chi connectivity index (χ4n) is 0.879. The van der Waals surface area contributed by atoms with Gasteiger partial charge in [0.1, 0.15) is 5.71 Å². The molecule has 0 amide bonds. The third-order valence-electron chi connectivity index (χ3n) is 1.52. The van der Waals surface area contributed by atoms with Crippen LogP contribution in [-0.2, 0) is 0 Å². The number of nitrogens with two attached hydrogens (primary N) is 1. The van der Waals surface area contributed by atoms with Gasteiger partial charge in [0.15, 0.2) is 0 Å². The van der Waals surface area contributed by atoms with E-state index in [2.05, 4.69) is 15.9 Å². The average molecular weight is 249 g/mol. The zero-order chi connectivity index (χ0) is 10.0. The smallest absolute Gasteiger partial charge is 0.280 e. The van der Waals surface area contributed by atoms with E-state index in [0.29, 0.717) is 4.47 Å². The van der Waals surface area contributed by atoms with Crippen LogP contribution in [0.3, 0.4) is 0 Å². The largest absolute Gasteiger partial charge is 0.398 e. The molecule has 13 heavy (non-hydrogen) atoms. The van der Waals surface area contributed by atoms with Gasteiger partial charge in [-0.1, -0.05) is 15.9 Å². The predicted octanol–water partition coefficient (Wildman–Crippen LogP) is 2.66. The molecule has 0 aliphatic rings. The highest BCUT2D eigenvalue weighted by molar-refractivity contribution is 9.10. The van der Waals surface area contributed by atoms with Crippen LogP contribution >= 0.6 is 15.9 Å². The number of hydrogen-bond donors (Lipinski definition) is 2. The van der Waals surface area contributed by atoms with Crippen molar-refractivity contribution in [3.8, 4) is 0 Å². The van der Waals surface area contributed by atoms with Gasteiger partial charge in [-0.25, -0.2) is 8.78 Å². The summed E-state index contributed by atoms with van der Waals surface area (Å²) in [4.78, 5) is 0. The predicted molar refractivity (Wildman–Crippen MR) is 51.4 cm³/mol. The van der Waals surface area contributed by atoms with Crippen LogP contribution in [0.2, 0.25) is 0 Å². The summed E-state index contributed by atoms with van der Waals surface area (Å²) in [5.41, 5.74) is 4.94. The van der Waals surface area contributed by atoms with Crippen LogP contribution in [0, 0.1) is 5.41 Å². The van der Waals surface area contributed by atoms with E-state index in [-0.39, 0.29) is 11.3 Å². The van der Waals surface area contributed by atoms with E-state index in [1.54, 1.807) is 6.07 Å². The Morgan fingerprint density at radius 1 is 1.46 bits per heavy atom. The van der Waals surface area contributed by atoms with Crippen molar-refractivity contribution in [2.45, 2.75) is 6.43 Å². The van der Waals surface area contributed by atoms with Crippen molar-refractivity contribution in [2.24, 2.45) is 0 Å². The number of anilines is 1. The van der Waals surface area contributed by atoms with Crippen molar-refractivity contribution in [1.29, 1.82) is 5.41 Å². The van der Waals surface area contributed by atoms with Crippen LogP contribution in [0.25, 0.3) is 0 Å². The molecule has 0 fully saturated rings. The Bertz CT molecular complexity index is 339. The maximum Gasteiger partial charge on any atom is 0.280 e. The van der Waals surface area contributed by atoms with E-state index in [9.17, 15) is 8.78 Å². The second-order valence-corrected chi connectivity index (χ2v) is 3.36. The molecule has 5 heteroatoms. The first-order valence-electron chi connectivity index (χ1n) is 3.44. The normalized spacial score (nSPS) is 10.5. The number of rotatable bonds is 2. The average Bonchev–Trinajstić information content (AvgIpc) is 2.08. The second kappa shape index (κ2) is 3.83. The standard InChI is InChI=1S/C8H7BrF2N2/c9-4-1-2-6(12)5(3-4)7(13)8(10)11/h1-3,8,13H,12H2. The van der Waals surface area contributed by atoms with E-state index in [1.807, 2.05) is 0 Å². The van der Waals surface area contributed by atoms with E-state index in [4.69, 9.17) is 11.1 Å². The first-order chi connectivity index (χ1) is 6.02. The molecule has 1 aromatic carbocycles. The molecule has 1 aromatic rings. The SMILES string of the molecule is N=C(c1cc(Br)ccc1N)C(F)F. The lowest BCUT2D eigenvalue weighted by Gasteiger charge is -2.06. The minimum absolute atomic E-state index is 0.0735. The van der Waals surface area contributed by atoms with Crippen molar-refractivity contribution in [3.63, 3.8) is 0 Å². The zero-order valence-electron chi connectivity index (χ0n) is 6.52. The summed E-state index contributed by atoms with van der Waals surface area (Å²) in [5, 5.41) is 7.07. The summed E-state index contributed by atoms with van der Waals surface area (Å²) >= 11 is 3.12. The van der Waals surface area contributed by atoms with Crippen LogP contribution in [0.15, 0.2) is 22.7 Å². The van der Waals surface area contributed by atoms with Gasteiger partial charge in [0, 0.05) is 15.7 Å². The minimum atomic E-state index is -2.79.